The number of amides is 1. The number of aryl methyl sites for hydroxylation is 2. The number of carbonyl (C=O) groups excluding carboxylic acids is 1. The number of hydrogen-bond donors (Lipinski definition) is 2. The standard InChI is InChI=1S/C24H27N3O2/c1-4-18-10-7-8-17(2)23(18)27-21-14-20(15-25-16-21)24(28)26-13-12-19-9-5-6-11-22(19)29-3/h5-11,14-16,27H,4,12-13H2,1-3H3,(H,26,28). The van der Waals surface area contributed by atoms with Gasteiger partial charge in [0.25, 0.3) is 5.91 Å². The lowest BCUT2D eigenvalue weighted by Crippen LogP contribution is -2.26. The first-order valence-corrected chi connectivity index (χ1v) is 9.83. The maximum atomic E-state index is 12.6. The molecular formula is C24H27N3O2. The molecule has 5 nitrogen and oxygen atoms in total. The van der Waals surface area contributed by atoms with Crippen LogP contribution in [0.2, 0.25) is 0 Å². The van der Waals surface area contributed by atoms with E-state index >= 15 is 0 Å². The van der Waals surface area contributed by atoms with Crippen LogP contribution in [0.15, 0.2) is 60.9 Å². The van der Waals surface area contributed by atoms with Gasteiger partial charge in [-0.25, -0.2) is 0 Å². The van der Waals surface area contributed by atoms with Crippen LogP contribution in [-0.4, -0.2) is 24.5 Å². The minimum Gasteiger partial charge on any atom is -0.496 e. The third-order valence-electron chi connectivity index (χ3n) is 4.88. The number of pyridine rings is 1. The highest BCUT2D eigenvalue weighted by atomic mass is 16.5. The molecule has 0 aliphatic rings. The minimum absolute atomic E-state index is 0.142. The Morgan fingerprint density at radius 3 is 2.66 bits per heavy atom. The topological polar surface area (TPSA) is 63.2 Å². The van der Waals surface area contributed by atoms with E-state index in [0.717, 1.165) is 34.7 Å². The molecule has 0 atom stereocenters. The molecule has 0 bridgehead atoms. The number of rotatable bonds is 8. The van der Waals surface area contributed by atoms with Crippen LogP contribution in [0.5, 0.6) is 5.75 Å². The first-order valence-electron chi connectivity index (χ1n) is 9.83. The van der Waals surface area contributed by atoms with E-state index in [4.69, 9.17) is 4.74 Å². The van der Waals surface area contributed by atoms with E-state index in [-0.39, 0.29) is 5.91 Å². The van der Waals surface area contributed by atoms with Crippen molar-refractivity contribution >= 4 is 17.3 Å². The van der Waals surface area contributed by atoms with Crippen LogP contribution in [0.3, 0.4) is 0 Å². The van der Waals surface area contributed by atoms with Gasteiger partial charge in [0.15, 0.2) is 0 Å². The van der Waals surface area contributed by atoms with Crippen molar-refractivity contribution in [2.75, 3.05) is 19.0 Å². The molecule has 3 rings (SSSR count). The van der Waals surface area contributed by atoms with Crippen molar-refractivity contribution in [1.82, 2.24) is 10.3 Å². The average molecular weight is 389 g/mol. The molecule has 5 heteroatoms. The van der Waals surface area contributed by atoms with Crippen molar-refractivity contribution in [2.45, 2.75) is 26.7 Å². The smallest absolute Gasteiger partial charge is 0.252 e. The number of para-hydroxylation sites is 2. The SMILES string of the molecule is CCc1cccc(C)c1Nc1cncc(C(=O)NCCc2ccccc2OC)c1. The Morgan fingerprint density at radius 2 is 1.86 bits per heavy atom. The molecule has 0 radical (unpaired) electrons. The van der Waals surface area contributed by atoms with Crippen molar-refractivity contribution in [3.05, 3.63) is 83.2 Å². The summed E-state index contributed by atoms with van der Waals surface area (Å²) < 4.78 is 5.36. The number of benzene rings is 2. The summed E-state index contributed by atoms with van der Waals surface area (Å²) in [5.74, 6) is 0.691. The van der Waals surface area contributed by atoms with E-state index in [1.54, 1.807) is 19.5 Å². The van der Waals surface area contributed by atoms with Gasteiger partial charge in [-0.2, -0.15) is 0 Å². The van der Waals surface area contributed by atoms with Gasteiger partial charge in [-0.15, -0.1) is 0 Å². The Balaban J connectivity index is 1.65. The fourth-order valence-electron chi connectivity index (χ4n) is 3.30. The molecule has 2 aromatic carbocycles. The van der Waals surface area contributed by atoms with Gasteiger partial charge in [0.2, 0.25) is 0 Å². The fraction of sp³-hybridized carbons (Fsp3) is 0.250. The number of carbonyl (C=O) groups is 1. The quantitative estimate of drug-likeness (QED) is 0.587. The molecule has 29 heavy (non-hydrogen) atoms. The molecule has 1 amide bonds. The summed E-state index contributed by atoms with van der Waals surface area (Å²) in [5.41, 5.74) is 5.86. The summed E-state index contributed by atoms with van der Waals surface area (Å²) in [4.78, 5) is 16.8. The lowest BCUT2D eigenvalue weighted by molar-refractivity contribution is 0.0953. The van der Waals surface area contributed by atoms with Crippen molar-refractivity contribution in [1.29, 1.82) is 0 Å². The van der Waals surface area contributed by atoms with E-state index in [1.165, 1.54) is 5.56 Å². The number of ether oxygens (including phenoxy) is 1. The molecule has 2 N–H and O–H groups in total. The largest absolute Gasteiger partial charge is 0.496 e. The van der Waals surface area contributed by atoms with Crippen LogP contribution < -0.4 is 15.4 Å². The number of aromatic nitrogens is 1. The fourth-order valence-corrected chi connectivity index (χ4v) is 3.30. The van der Waals surface area contributed by atoms with E-state index in [2.05, 4.69) is 47.7 Å². The van der Waals surface area contributed by atoms with Crippen LogP contribution in [0.25, 0.3) is 0 Å². The first-order chi connectivity index (χ1) is 14.1. The molecule has 0 unspecified atom stereocenters. The Morgan fingerprint density at radius 1 is 1.07 bits per heavy atom. The van der Waals surface area contributed by atoms with E-state index in [1.807, 2.05) is 30.3 Å². The second-order valence-corrected chi connectivity index (χ2v) is 6.87. The summed E-state index contributed by atoms with van der Waals surface area (Å²) in [6.45, 7) is 4.72. The summed E-state index contributed by atoms with van der Waals surface area (Å²) in [7, 11) is 1.65. The first kappa shape index (κ1) is 20.4. The molecule has 1 aromatic heterocycles. The summed E-state index contributed by atoms with van der Waals surface area (Å²) >= 11 is 0. The molecule has 0 aliphatic carbocycles. The van der Waals surface area contributed by atoms with Gasteiger partial charge in [0.1, 0.15) is 5.75 Å². The average Bonchev–Trinajstić information content (AvgIpc) is 2.75. The van der Waals surface area contributed by atoms with Crippen molar-refractivity contribution in [3.8, 4) is 5.75 Å². The third-order valence-corrected chi connectivity index (χ3v) is 4.88. The zero-order valence-electron chi connectivity index (χ0n) is 17.2. The molecule has 0 saturated heterocycles. The predicted octanol–water partition coefficient (Wildman–Crippen LogP) is 4.68. The van der Waals surface area contributed by atoms with Crippen LogP contribution in [0.4, 0.5) is 11.4 Å². The summed E-state index contributed by atoms with van der Waals surface area (Å²) in [5, 5.41) is 6.39. The predicted molar refractivity (Wildman–Crippen MR) is 117 cm³/mol. The lowest BCUT2D eigenvalue weighted by atomic mass is 10.1. The molecule has 0 saturated carbocycles. The van der Waals surface area contributed by atoms with Gasteiger partial charge in [-0.1, -0.05) is 43.3 Å². The minimum atomic E-state index is -0.142. The molecule has 150 valence electrons. The highest BCUT2D eigenvalue weighted by Gasteiger charge is 2.10. The van der Waals surface area contributed by atoms with Crippen molar-refractivity contribution in [2.24, 2.45) is 0 Å². The van der Waals surface area contributed by atoms with Gasteiger partial charge >= 0.3 is 0 Å². The number of nitrogens with zero attached hydrogens (tertiary/aromatic N) is 1. The highest BCUT2D eigenvalue weighted by molar-refractivity contribution is 5.94. The van der Waals surface area contributed by atoms with Gasteiger partial charge < -0.3 is 15.4 Å². The molecular weight excluding hydrogens is 362 g/mol. The van der Waals surface area contributed by atoms with Crippen LogP contribution in [-0.2, 0) is 12.8 Å². The van der Waals surface area contributed by atoms with Crippen LogP contribution >= 0.6 is 0 Å². The van der Waals surface area contributed by atoms with Crippen LogP contribution in [0, 0.1) is 6.92 Å². The molecule has 0 aliphatic heterocycles. The number of methoxy groups -OCH3 is 1. The monoisotopic (exact) mass is 389 g/mol. The van der Waals surface area contributed by atoms with E-state index < -0.39 is 0 Å². The Bertz CT molecular complexity index is 985. The third kappa shape index (κ3) is 5.13. The molecule has 0 spiro atoms. The van der Waals surface area contributed by atoms with Gasteiger partial charge in [0.05, 0.1) is 24.6 Å². The van der Waals surface area contributed by atoms with Gasteiger partial charge in [-0.3, -0.25) is 9.78 Å². The molecule has 1 heterocycles. The Hall–Kier alpha value is -3.34. The lowest BCUT2D eigenvalue weighted by Gasteiger charge is -2.14. The maximum Gasteiger partial charge on any atom is 0.252 e. The summed E-state index contributed by atoms with van der Waals surface area (Å²) in [6, 6.07) is 15.9. The van der Waals surface area contributed by atoms with Gasteiger partial charge in [0, 0.05) is 18.4 Å². The molecule has 3 aromatic rings. The normalized spacial score (nSPS) is 10.4. The van der Waals surface area contributed by atoms with E-state index in [0.29, 0.717) is 18.5 Å². The number of nitrogens with one attached hydrogen (secondary N) is 2. The van der Waals surface area contributed by atoms with Crippen LogP contribution in [0.1, 0.15) is 34.0 Å². The van der Waals surface area contributed by atoms with Crippen molar-refractivity contribution in [3.63, 3.8) is 0 Å². The summed E-state index contributed by atoms with van der Waals surface area (Å²) in [6.07, 6.45) is 4.95. The Labute approximate surface area is 172 Å². The van der Waals surface area contributed by atoms with E-state index in [9.17, 15) is 4.79 Å². The van der Waals surface area contributed by atoms with Gasteiger partial charge in [-0.05, 0) is 48.6 Å². The number of anilines is 2. The Kier molecular flexibility index (Phi) is 6.85. The number of hydrogen-bond acceptors (Lipinski definition) is 4. The highest BCUT2D eigenvalue weighted by Crippen LogP contribution is 2.25. The second kappa shape index (κ2) is 9.73. The second-order valence-electron chi connectivity index (χ2n) is 6.87. The molecule has 0 fully saturated rings. The zero-order chi connectivity index (χ0) is 20.6. The van der Waals surface area contributed by atoms with Crippen molar-refractivity contribution < 1.29 is 9.53 Å². The zero-order valence-corrected chi connectivity index (χ0v) is 17.2. The maximum absolute atomic E-state index is 12.6.